The Hall–Kier alpha value is -4.40. The zero-order valence-corrected chi connectivity index (χ0v) is 37.4. The van der Waals surface area contributed by atoms with E-state index in [0.717, 1.165) is 48.3 Å². The van der Waals surface area contributed by atoms with Gasteiger partial charge in [0.05, 0.1) is 26.4 Å². The van der Waals surface area contributed by atoms with Gasteiger partial charge in [-0.15, -0.1) is 0 Å². The number of hydrogen-bond donors (Lipinski definition) is 2. The number of phenols is 2. The van der Waals surface area contributed by atoms with Gasteiger partial charge in [-0.2, -0.15) is 0 Å². The molecule has 8 heteroatoms. The van der Waals surface area contributed by atoms with E-state index in [-0.39, 0.29) is 44.0 Å². The first-order valence-electron chi connectivity index (χ1n) is 22.0. The second-order valence-electron chi connectivity index (χ2n) is 21.1. The van der Waals surface area contributed by atoms with E-state index >= 15 is 0 Å². The maximum absolute atomic E-state index is 10.7. The fourth-order valence-electron chi connectivity index (χ4n) is 12.4. The van der Waals surface area contributed by atoms with Crippen molar-refractivity contribution < 1.29 is 38.6 Å². The molecular formula is C52H64O8. The molecule has 60 heavy (non-hydrogen) atoms. The van der Waals surface area contributed by atoms with E-state index in [1.807, 2.05) is 0 Å². The molecule has 0 fully saturated rings. The van der Waals surface area contributed by atoms with Gasteiger partial charge in [0.15, 0.2) is 34.5 Å². The van der Waals surface area contributed by atoms with Crippen molar-refractivity contribution >= 4 is 0 Å². The molecule has 0 bridgehead atoms. The number of aromatic hydroxyl groups is 2. The predicted octanol–water partition coefficient (Wildman–Crippen LogP) is 10.3. The fraction of sp³-hybridized carbons (Fsp3) is 0.538. The molecule has 1 aliphatic heterocycles. The first kappa shape index (κ1) is 41.0. The van der Waals surface area contributed by atoms with Crippen LogP contribution in [-0.2, 0) is 42.0 Å². The Morgan fingerprint density at radius 1 is 0.350 bits per heavy atom. The Morgan fingerprint density at radius 2 is 0.600 bits per heavy atom. The maximum Gasteiger partial charge on any atom is 0.161 e. The summed E-state index contributed by atoms with van der Waals surface area (Å²) >= 11 is 0. The number of fused-ring (bicyclic) bond motifs is 10. The number of ether oxygens (including phenoxy) is 6. The van der Waals surface area contributed by atoms with Crippen LogP contribution in [0.4, 0.5) is 0 Å². The maximum atomic E-state index is 10.7. The topological polar surface area (TPSA) is 95.8 Å². The lowest BCUT2D eigenvalue weighted by atomic mass is 9.72. The van der Waals surface area contributed by atoms with Crippen LogP contribution in [0.25, 0.3) is 0 Å². The Balaban J connectivity index is 0.973. The van der Waals surface area contributed by atoms with Gasteiger partial charge in [0.25, 0.3) is 0 Å². The second-order valence-corrected chi connectivity index (χ2v) is 21.1. The molecule has 2 N–H and O–H groups in total. The molecule has 4 aromatic rings. The van der Waals surface area contributed by atoms with E-state index in [2.05, 4.69) is 106 Å². The predicted molar refractivity (Wildman–Crippen MR) is 234 cm³/mol. The van der Waals surface area contributed by atoms with Gasteiger partial charge in [0.1, 0.15) is 26.4 Å². The van der Waals surface area contributed by atoms with Crippen molar-refractivity contribution in [2.45, 2.75) is 127 Å². The highest BCUT2D eigenvalue weighted by Crippen LogP contribution is 2.66. The highest BCUT2D eigenvalue weighted by molar-refractivity contribution is 5.67. The highest BCUT2D eigenvalue weighted by Gasteiger charge is 2.58. The minimum atomic E-state index is -0.354. The third-order valence-electron chi connectivity index (χ3n) is 14.8. The number of benzene rings is 4. The molecule has 0 saturated heterocycles. The lowest BCUT2D eigenvalue weighted by Crippen LogP contribution is -2.27. The van der Waals surface area contributed by atoms with Crippen LogP contribution in [-0.4, -0.2) is 63.1 Å². The summed E-state index contributed by atoms with van der Waals surface area (Å²) in [4.78, 5) is 0. The van der Waals surface area contributed by atoms with Crippen LogP contribution in [0.15, 0.2) is 48.5 Å². The molecule has 1 heterocycles. The quantitative estimate of drug-likeness (QED) is 0.170. The molecule has 2 unspecified atom stereocenters. The molecule has 2 atom stereocenters. The number of aryl methyl sites for hydroxylation is 2. The largest absolute Gasteiger partial charge is 0.504 e. The number of rotatable bonds is 0. The standard InChI is InChI=1S/C52H64O8/c1-31-19-33-37(20-32(31)2)51(27-47(33,3)4)29-49(7,8)35-23-43-45(25-39(35)51)59-17-13-55-12-16-58-44-24-36-40(26-46(44)60-18-14-56-11-15-57-43)52(30-50(36,9)10)28-48(5,6)34-21-41(53)42(54)22-38(34)52/h19-26,53-54H,11-18,27-30H2,1-10H3. The van der Waals surface area contributed by atoms with E-state index in [0.29, 0.717) is 64.4 Å². The minimum Gasteiger partial charge on any atom is -0.504 e. The molecule has 0 amide bonds. The van der Waals surface area contributed by atoms with E-state index in [9.17, 15) is 10.2 Å². The normalized spacial score (nSPS) is 25.9. The van der Waals surface area contributed by atoms with Crippen molar-refractivity contribution in [3.8, 4) is 34.5 Å². The van der Waals surface area contributed by atoms with Gasteiger partial charge in [0, 0.05) is 10.8 Å². The molecule has 9 rings (SSSR count). The zero-order valence-electron chi connectivity index (χ0n) is 37.4. The summed E-state index contributed by atoms with van der Waals surface area (Å²) < 4.78 is 38.3. The first-order chi connectivity index (χ1) is 28.3. The monoisotopic (exact) mass is 816 g/mol. The van der Waals surface area contributed by atoms with Crippen molar-refractivity contribution in [3.63, 3.8) is 0 Å². The van der Waals surface area contributed by atoms with Gasteiger partial charge in [-0.3, -0.25) is 0 Å². The molecule has 0 radical (unpaired) electrons. The number of hydrogen-bond acceptors (Lipinski definition) is 8. The van der Waals surface area contributed by atoms with Crippen molar-refractivity contribution in [1.29, 1.82) is 0 Å². The van der Waals surface area contributed by atoms with E-state index in [1.165, 1.54) is 44.5 Å². The van der Waals surface area contributed by atoms with Crippen LogP contribution < -0.4 is 18.9 Å². The average molecular weight is 817 g/mol. The summed E-state index contributed by atoms with van der Waals surface area (Å²) in [6.45, 7) is 26.0. The fourth-order valence-corrected chi connectivity index (χ4v) is 12.4. The molecule has 5 aliphatic rings. The van der Waals surface area contributed by atoms with Crippen LogP contribution in [0.1, 0.15) is 137 Å². The summed E-state index contributed by atoms with van der Waals surface area (Å²) in [6.07, 6.45) is 3.80. The average Bonchev–Trinajstić information content (AvgIpc) is 3.70. The summed E-state index contributed by atoms with van der Waals surface area (Å²) in [5.74, 6) is 2.65. The molecule has 8 nitrogen and oxygen atoms in total. The summed E-state index contributed by atoms with van der Waals surface area (Å²) in [5.41, 5.74) is 12.0. The van der Waals surface area contributed by atoms with E-state index < -0.39 is 0 Å². The Bertz CT molecular complexity index is 2210. The Morgan fingerprint density at radius 3 is 0.967 bits per heavy atom. The van der Waals surface area contributed by atoms with Crippen LogP contribution in [0.5, 0.6) is 34.5 Å². The van der Waals surface area contributed by atoms with Gasteiger partial charge in [0.2, 0.25) is 0 Å². The Kier molecular flexibility index (Phi) is 9.61. The number of phenolic OH excluding ortho intramolecular Hbond substituents is 2. The van der Waals surface area contributed by atoms with Crippen molar-refractivity contribution in [1.82, 2.24) is 0 Å². The van der Waals surface area contributed by atoms with Gasteiger partial charge >= 0.3 is 0 Å². The minimum absolute atomic E-state index is 0.0516. The van der Waals surface area contributed by atoms with Crippen molar-refractivity contribution in [2.75, 3.05) is 52.9 Å². The highest BCUT2D eigenvalue weighted by atomic mass is 16.6. The molecule has 0 aromatic heterocycles. The van der Waals surface area contributed by atoms with Gasteiger partial charge < -0.3 is 38.6 Å². The molecule has 4 aromatic carbocycles. The first-order valence-corrected chi connectivity index (χ1v) is 22.0. The van der Waals surface area contributed by atoms with E-state index in [1.54, 1.807) is 12.1 Å². The lowest BCUT2D eigenvalue weighted by Gasteiger charge is -2.31. The van der Waals surface area contributed by atoms with Crippen LogP contribution in [0.3, 0.4) is 0 Å². The van der Waals surface area contributed by atoms with Crippen LogP contribution >= 0.6 is 0 Å². The van der Waals surface area contributed by atoms with E-state index in [4.69, 9.17) is 28.4 Å². The molecule has 4 aliphatic carbocycles. The zero-order chi connectivity index (χ0) is 42.6. The van der Waals surface area contributed by atoms with Crippen LogP contribution in [0.2, 0.25) is 0 Å². The lowest BCUT2D eigenvalue weighted by molar-refractivity contribution is 0.0639. The third kappa shape index (κ3) is 6.45. The van der Waals surface area contributed by atoms with Crippen LogP contribution in [0, 0.1) is 13.8 Å². The molecular weight excluding hydrogens is 753 g/mol. The SMILES string of the molecule is Cc1cc2c(cc1C)C1(CC2(C)C)CC(C)(C)c2cc3c(cc21)OCCOCCOc1cc2c(cc1OCCOCCO3)C1(CC(C)(C)c3cc(O)c(O)cc31)CC2(C)C. The summed E-state index contributed by atoms with van der Waals surface area (Å²) in [6, 6.07) is 17.2. The van der Waals surface area contributed by atoms with Gasteiger partial charge in [-0.1, -0.05) is 67.5 Å². The molecule has 0 saturated carbocycles. The smallest absolute Gasteiger partial charge is 0.161 e. The second kappa shape index (κ2) is 14.1. The Labute approximate surface area is 356 Å². The third-order valence-corrected chi connectivity index (χ3v) is 14.8. The van der Waals surface area contributed by atoms with Gasteiger partial charge in [-0.05, 0) is 153 Å². The van der Waals surface area contributed by atoms with Crippen molar-refractivity contribution in [3.05, 3.63) is 104 Å². The summed E-state index contributed by atoms with van der Waals surface area (Å²) in [7, 11) is 0. The van der Waals surface area contributed by atoms with Gasteiger partial charge in [-0.25, -0.2) is 0 Å². The van der Waals surface area contributed by atoms with Crippen molar-refractivity contribution in [2.24, 2.45) is 0 Å². The molecule has 320 valence electrons. The summed E-state index contributed by atoms with van der Waals surface area (Å²) in [5, 5.41) is 21.2. The molecule has 2 spiro atoms.